The fourth-order valence-corrected chi connectivity index (χ4v) is 2.85. The lowest BCUT2D eigenvalue weighted by Crippen LogP contribution is -2.19. The van der Waals surface area contributed by atoms with Crippen molar-refractivity contribution < 1.29 is 0 Å². The number of nitrogens with zero attached hydrogens (tertiary/aromatic N) is 3. The quantitative estimate of drug-likeness (QED) is 0.696. The van der Waals surface area contributed by atoms with Crippen molar-refractivity contribution in [3.8, 4) is 0 Å². The highest BCUT2D eigenvalue weighted by atomic mass is 15.2. The summed E-state index contributed by atoms with van der Waals surface area (Å²) in [5.74, 6) is 0.964. The van der Waals surface area contributed by atoms with Crippen molar-refractivity contribution in [2.24, 2.45) is 0 Å². The molecular weight excluding hydrogens is 210 g/mol. The Labute approximate surface area is 103 Å². The maximum atomic E-state index is 4.28. The summed E-state index contributed by atoms with van der Waals surface area (Å²) in [5.41, 5.74) is 6.38. The molecule has 0 spiro atoms. The molecule has 0 aliphatic rings. The van der Waals surface area contributed by atoms with Crippen LogP contribution in [0.25, 0.3) is 5.65 Å². The Morgan fingerprint density at radius 2 is 1.47 bits per heavy atom. The SMILES string of the molecule is Cc1c(C(C)(C)C)c(C)n2c(C)nnc2c1C. The zero-order valence-electron chi connectivity index (χ0n) is 11.8. The van der Waals surface area contributed by atoms with Gasteiger partial charge in [-0.05, 0) is 49.8 Å². The third-order valence-electron chi connectivity index (χ3n) is 3.54. The summed E-state index contributed by atoms with van der Waals surface area (Å²) in [4.78, 5) is 0. The highest BCUT2D eigenvalue weighted by Crippen LogP contribution is 2.32. The summed E-state index contributed by atoms with van der Waals surface area (Å²) in [6.45, 7) is 15.3. The van der Waals surface area contributed by atoms with Gasteiger partial charge in [-0.3, -0.25) is 4.40 Å². The van der Waals surface area contributed by atoms with Crippen LogP contribution in [-0.2, 0) is 5.41 Å². The Hall–Kier alpha value is -1.38. The lowest BCUT2D eigenvalue weighted by Gasteiger charge is -2.26. The van der Waals surface area contributed by atoms with Gasteiger partial charge in [0.15, 0.2) is 5.65 Å². The van der Waals surface area contributed by atoms with Crippen molar-refractivity contribution in [1.82, 2.24) is 14.6 Å². The topological polar surface area (TPSA) is 30.2 Å². The first-order valence-corrected chi connectivity index (χ1v) is 6.07. The van der Waals surface area contributed by atoms with Crippen molar-refractivity contribution in [3.63, 3.8) is 0 Å². The number of rotatable bonds is 0. The number of pyridine rings is 1. The lowest BCUT2D eigenvalue weighted by atomic mass is 9.82. The van der Waals surface area contributed by atoms with Gasteiger partial charge in [0, 0.05) is 5.69 Å². The summed E-state index contributed by atoms with van der Waals surface area (Å²) in [7, 11) is 0. The number of fused-ring (bicyclic) bond motifs is 1. The molecule has 92 valence electrons. The average molecular weight is 231 g/mol. The van der Waals surface area contributed by atoms with Crippen LogP contribution >= 0.6 is 0 Å². The first-order chi connectivity index (χ1) is 7.75. The van der Waals surface area contributed by atoms with Gasteiger partial charge in [-0.15, -0.1) is 10.2 Å². The van der Waals surface area contributed by atoms with E-state index < -0.39 is 0 Å². The second-order valence-corrected chi connectivity index (χ2v) is 5.87. The minimum absolute atomic E-state index is 0.143. The molecule has 2 rings (SSSR count). The Bertz CT molecular complexity index is 586. The molecule has 3 heteroatoms. The van der Waals surface area contributed by atoms with Gasteiger partial charge in [0.05, 0.1) is 0 Å². The summed E-state index contributed by atoms with van der Waals surface area (Å²) < 4.78 is 2.17. The van der Waals surface area contributed by atoms with E-state index in [0.29, 0.717) is 0 Å². The Balaban J connectivity index is 3.00. The Kier molecular flexibility index (Phi) is 2.53. The first kappa shape index (κ1) is 12.1. The molecule has 0 unspecified atom stereocenters. The molecule has 0 N–H and O–H groups in total. The maximum Gasteiger partial charge on any atom is 0.164 e. The number of hydrogen-bond donors (Lipinski definition) is 0. The lowest BCUT2D eigenvalue weighted by molar-refractivity contribution is 0.575. The molecule has 0 aromatic carbocycles. The minimum Gasteiger partial charge on any atom is -0.283 e. The number of hydrogen-bond acceptors (Lipinski definition) is 2. The molecular formula is C14H21N3. The van der Waals surface area contributed by atoms with E-state index in [4.69, 9.17) is 0 Å². The van der Waals surface area contributed by atoms with Crippen molar-refractivity contribution >= 4 is 5.65 Å². The molecule has 0 fully saturated rings. The first-order valence-electron chi connectivity index (χ1n) is 6.07. The van der Waals surface area contributed by atoms with Crippen LogP contribution in [0, 0.1) is 27.7 Å². The van der Waals surface area contributed by atoms with Gasteiger partial charge in [-0.2, -0.15) is 0 Å². The number of aryl methyl sites for hydroxylation is 3. The van der Waals surface area contributed by atoms with E-state index in [1.807, 2.05) is 6.92 Å². The van der Waals surface area contributed by atoms with Crippen LogP contribution in [0.1, 0.15) is 49.0 Å². The zero-order valence-corrected chi connectivity index (χ0v) is 11.8. The molecule has 0 atom stereocenters. The molecule has 0 aliphatic heterocycles. The normalized spacial score (nSPS) is 12.4. The average Bonchev–Trinajstić information content (AvgIpc) is 2.55. The smallest absolute Gasteiger partial charge is 0.164 e. The van der Waals surface area contributed by atoms with Gasteiger partial charge in [0.25, 0.3) is 0 Å². The molecule has 17 heavy (non-hydrogen) atoms. The van der Waals surface area contributed by atoms with Crippen LogP contribution < -0.4 is 0 Å². The van der Waals surface area contributed by atoms with E-state index in [2.05, 4.69) is 56.1 Å². The molecule has 0 bridgehead atoms. The second-order valence-electron chi connectivity index (χ2n) is 5.87. The van der Waals surface area contributed by atoms with Crippen LogP contribution in [0.15, 0.2) is 0 Å². The van der Waals surface area contributed by atoms with Crippen LogP contribution in [-0.4, -0.2) is 14.6 Å². The minimum atomic E-state index is 0.143. The van der Waals surface area contributed by atoms with Crippen LogP contribution in [0.3, 0.4) is 0 Å². The second kappa shape index (κ2) is 3.56. The van der Waals surface area contributed by atoms with Gasteiger partial charge in [0.2, 0.25) is 0 Å². The molecule has 0 amide bonds. The third-order valence-corrected chi connectivity index (χ3v) is 3.54. The molecule has 0 radical (unpaired) electrons. The van der Waals surface area contributed by atoms with Crippen molar-refractivity contribution in [2.45, 2.75) is 53.9 Å². The van der Waals surface area contributed by atoms with Crippen LogP contribution in [0.4, 0.5) is 0 Å². The molecule has 0 saturated heterocycles. The van der Waals surface area contributed by atoms with E-state index in [0.717, 1.165) is 11.5 Å². The summed E-state index contributed by atoms with van der Waals surface area (Å²) in [5, 5.41) is 8.47. The van der Waals surface area contributed by atoms with Crippen molar-refractivity contribution in [3.05, 3.63) is 28.2 Å². The van der Waals surface area contributed by atoms with E-state index >= 15 is 0 Å². The predicted molar refractivity (Wildman–Crippen MR) is 70.6 cm³/mol. The largest absolute Gasteiger partial charge is 0.283 e. The van der Waals surface area contributed by atoms with Crippen LogP contribution in [0.2, 0.25) is 0 Å². The molecule has 3 nitrogen and oxygen atoms in total. The Morgan fingerprint density at radius 3 is 2.00 bits per heavy atom. The number of aromatic nitrogens is 3. The van der Waals surface area contributed by atoms with Gasteiger partial charge in [-0.1, -0.05) is 20.8 Å². The maximum absolute atomic E-state index is 4.28. The molecule has 2 aromatic rings. The van der Waals surface area contributed by atoms with E-state index in [-0.39, 0.29) is 5.41 Å². The summed E-state index contributed by atoms with van der Waals surface area (Å²) in [6, 6.07) is 0. The van der Waals surface area contributed by atoms with Crippen LogP contribution in [0.5, 0.6) is 0 Å². The van der Waals surface area contributed by atoms with Gasteiger partial charge >= 0.3 is 0 Å². The van der Waals surface area contributed by atoms with Gasteiger partial charge in [0.1, 0.15) is 5.82 Å². The fourth-order valence-electron chi connectivity index (χ4n) is 2.85. The highest BCUT2D eigenvalue weighted by molar-refractivity contribution is 5.57. The third kappa shape index (κ3) is 1.65. The Morgan fingerprint density at radius 1 is 0.882 bits per heavy atom. The standard InChI is InChI=1S/C14H21N3/c1-8-9(2)13-16-15-11(4)17(13)10(3)12(8)14(5,6)7/h1-7H3. The highest BCUT2D eigenvalue weighted by Gasteiger charge is 2.23. The summed E-state index contributed by atoms with van der Waals surface area (Å²) >= 11 is 0. The van der Waals surface area contributed by atoms with Crippen molar-refractivity contribution in [1.29, 1.82) is 0 Å². The predicted octanol–water partition coefficient (Wildman–Crippen LogP) is 3.26. The van der Waals surface area contributed by atoms with E-state index in [9.17, 15) is 0 Å². The zero-order chi connectivity index (χ0) is 13.0. The summed E-state index contributed by atoms with van der Waals surface area (Å²) in [6.07, 6.45) is 0. The fraction of sp³-hybridized carbons (Fsp3) is 0.571. The van der Waals surface area contributed by atoms with E-state index in [1.165, 1.54) is 22.4 Å². The molecule has 2 heterocycles. The van der Waals surface area contributed by atoms with E-state index in [1.54, 1.807) is 0 Å². The van der Waals surface area contributed by atoms with Gasteiger partial charge in [-0.25, -0.2) is 0 Å². The molecule has 0 aliphatic carbocycles. The molecule has 0 saturated carbocycles. The monoisotopic (exact) mass is 231 g/mol. The van der Waals surface area contributed by atoms with Crippen molar-refractivity contribution in [2.75, 3.05) is 0 Å². The van der Waals surface area contributed by atoms with Gasteiger partial charge < -0.3 is 0 Å². The molecule has 2 aromatic heterocycles.